The van der Waals surface area contributed by atoms with Crippen LogP contribution in [-0.4, -0.2) is 52.0 Å². The molecule has 0 fully saturated rings. The lowest BCUT2D eigenvalue weighted by Gasteiger charge is -2.12. The Morgan fingerprint density at radius 2 is 1.84 bits per heavy atom. The van der Waals surface area contributed by atoms with Crippen molar-refractivity contribution in [1.29, 1.82) is 0 Å². The summed E-state index contributed by atoms with van der Waals surface area (Å²) < 4.78 is 17.3. The van der Waals surface area contributed by atoms with Crippen LogP contribution in [0, 0.1) is 0 Å². The van der Waals surface area contributed by atoms with E-state index in [1.165, 1.54) is 42.0 Å². The monoisotopic (exact) mass is 619 g/mol. The van der Waals surface area contributed by atoms with E-state index in [0.717, 1.165) is 46.9 Å². The first-order valence-electron chi connectivity index (χ1n) is 14.0. The second-order valence-corrected chi connectivity index (χ2v) is 11.4. The number of aryl methyl sites for hydroxylation is 2. The van der Waals surface area contributed by atoms with Gasteiger partial charge >= 0.3 is 0 Å². The number of pyridine rings is 2. The summed E-state index contributed by atoms with van der Waals surface area (Å²) in [5.74, 6) is 1.31. The predicted molar refractivity (Wildman–Crippen MR) is 174 cm³/mol. The Hall–Kier alpha value is -5.69. The van der Waals surface area contributed by atoms with Gasteiger partial charge < -0.3 is 16.2 Å². The van der Waals surface area contributed by atoms with E-state index in [-0.39, 0.29) is 11.1 Å². The molecule has 45 heavy (non-hydrogen) atoms. The quantitative estimate of drug-likeness (QED) is 0.224. The number of nitrogen functional groups attached to an aromatic ring is 1. The van der Waals surface area contributed by atoms with Crippen molar-refractivity contribution < 1.29 is 13.8 Å². The van der Waals surface area contributed by atoms with Crippen molar-refractivity contribution in [1.82, 2.24) is 29.3 Å². The Labute approximate surface area is 260 Å². The minimum absolute atomic E-state index is 0.240. The molecule has 1 atom stereocenters. The summed E-state index contributed by atoms with van der Waals surface area (Å²) in [5, 5.41) is 4.32. The van der Waals surface area contributed by atoms with Crippen LogP contribution in [0.4, 0.5) is 11.5 Å². The fraction of sp³-hybridized carbons (Fsp3) is 0.125. The highest BCUT2D eigenvalue weighted by Crippen LogP contribution is 2.32. The summed E-state index contributed by atoms with van der Waals surface area (Å²) >= 11 is 0. The van der Waals surface area contributed by atoms with Crippen LogP contribution in [0.15, 0.2) is 85.3 Å². The van der Waals surface area contributed by atoms with E-state index in [2.05, 4.69) is 37.6 Å². The molecule has 1 unspecified atom stereocenters. The van der Waals surface area contributed by atoms with E-state index in [4.69, 9.17) is 21.4 Å². The summed E-state index contributed by atoms with van der Waals surface area (Å²) in [6.45, 7) is 0. The van der Waals surface area contributed by atoms with Crippen molar-refractivity contribution in [3.05, 3.63) is 108 Å². The Morgan fingerprint density at radius 3 is 2.58 bits per heavy atom. The number of hydrogen-bond donors (Lipinski definition) is 3. The van der Waals surface area contributed by atoms with Crippen LogP contribution in [0.5, 0.6) is 0 Å². The third-order valence-electron chi connectivity index (χ3n) is 7.37. The maximum atomic E-state index is 10.9. The van der Waals surface area contributed by atoms with Crippen molar-refractivity contribution in [2.45, 2.75) is 19.3 Å². The molecule has 4 aromatic heterocycles. The number of amides is 1. The van der Waals surface area contributed by atoms with Crippen LogP contribution >= 0.6 is 0 Å². The normalized spacial score (nSPS) is 12.6. The Bertz CT molecular complexity index is 2070. The molecule has 12 nitrogen and oxygen atoms in total. The average Bonchev–Trinajstić information content (AvgIpc) is 3.81. The molecule has 7 rings (SSSR count). The van der Waals surface area contributed by atoms with Gasteiger partial charge in [-0.3, -0.25) is 14.2 Å². The zero-order chi connectivity index (χ0) is 31.5. The summed E-state index contributed by atoms with van der Waals surface area (Å²) in [5.41, 5.74) is 18.4. The van der Waals surface area contributed by atoms with Gasteiger partial charge in [-0.1, -0.05) is 6.07 Å². The van der Waals surface area contributed by atoms with Gasteiger partial charge in [0.05, 0.1) is 11.3 Å². The smallest absolute Gasteiger partial charge is 0.248 e. The highest BCUT2D eigenvalue weighted by atomic mass is 32.2. The summed E-state index contributed by atoms with van der Waals surface area (Å²) in [4.78, 5) is 35.6. The number of hydrogen-bond acceptors (Lipinski definition) is 8. The second-order valence-electron chi connectivity index (χ2n) is 10.3. The van der Waals surface area contributed by atoms with Crippen molar-refractivity contribution in [2.24, 2.45) is 5.73 Å². The largest absolute Gasteiger partial charge is 0.383 e. The molecule has 1 aliphatic rings. The third kappa shape index (κ3) is 6.06. The van der Waals surface area contributed by atoms with Gasteiger partial charge in [0.1, 0.15) is 22.3 Å². The lowest BCUT2D eigenvalue weighted by atomic mass is 10.1. The number of carbonyl (C=O) groups excluding carboxylic acids is 2. The van der Waals surface area contributed by atoms with E-state index in [1.54, 1.807) is 17.1 Å². The zero-order valence-electron chi connectivity index (χ0n) is 24.3. The summed E-state index contributed by atoms with van der Waals surface area (Å²) in [7, 11) is -1.27. The number of aldehydes is 1. The van der Waals surface area contributed by atoms with Crippen LogP contribution in [0.3, 0.4) is 0 Å². The standard InChI is InChI=1S/C23H19N7.C9H10N2O3S/c24-21-18(6-2-11-25-21)22-27-19-9-10-20(29-13-3-12-26-29)28-23(19)30(22)17-8-7-15-4-1-5-16(15)14-17;1-15(14)11-8-3-2-6(9(10)13)4-7(8)5-12/h2-3,6-14H,1,4-5H2,(H2,24,25);2-5,11H,1H3,(H2,10,13). The molecule has 4 heterocycles. The van der Waals surface area contributed by atoms with E-state index >= 15 is 0 Å². The van der Waals surface area contributed by atoms with Crippen molar-refractivity contribution in [2.75, 3.05) is 16.7 Å². The van der Waals surface area contributed by atoms with Gasteiger partial charge in [0.15, 0.2) is 23.6 Å². The minimum atomic E-state index is -1.27. The fourth-order valence-electron chi connectivity index (χ4n) is 5.27. The summed E-state index contributed by atoms with van der Waals surface area (Å²) in [6, 6.07) is 20.5. The molecule has 0 bridgehead atoms. The third-order valence-corrected chi connectivity index (χ3v) is 7.87. The number of imidazole rings is 1. The SMILES string of the molecule is CS(=O)Nc1ccc(C(N)=O)cc1C=O.Nc1ncccc1-c1nc2ccc(-n3cccn3)nc2n1-c1ccc2c(c1)CCC2. The molecule has 0 aliphatic heterocycles. The molecular formula is C32H29N9O3S. The zero-order valence-corrected chi connectivity index (χ0v) is 25.1. The Balaban J connectivity index is 0.000000202. The number of carbonyl (C=O) groups is 2. The molecule has 13 heteroatoms. The van der Waals surface area contributed by atoms with Crippen LogP contribution in [0.25, 0.3) is 34.1 Å². The second kappa shape index (κ2) is 12.5. The number of nitrogens with two attached hydrogens (primary N) is 2. The fourth-order valence-corrected chi connectivity index (χ4v) is 5.77. The molecule has 0 spiro atoms. The highest BCUT2D eigenvalue weighted by molar-refractivity contribution is 7.85. The molecule has 5 N–H and O–H groups in total. The maximum absolute atomic E-state index is 10.9. The first-order valence-corrected chi connectivity index (χ1v) is 15.6. The Kier molecular flexibility index (Phi) is 8.16. The predicted octanol–water partition coefficient (Wildman–Crippen LogP) is 4.04. The van der Waals surface area contributed by atoms with Crippen molar-refractivity contribution in [3.8, 4) is 22.9 Å². The number of nitrogens with one attached hydrogen (secondary N) is 1. The Morgan fingerprint density at radius 1 is 1.00 bits per heavy atom. The molecule has 226 valence electrons. The van der Waals surface area contributed by atoms with Gasteiger partial charge in [-0.2, -0.15) is 5.10 Å². The number of anilines is 2. The highest BCUT2D eigenvalue weighted by Gasteiger charge is 2.20. The molecule has 0 saturated carbocycles. The van der Waals surface area contributed by atoms with Gasteiger partial charge in [0.25, 0.3) is 0 Å². The van der Waals surface area contributed by atoms with E-state index in [0.29, 0.717) is 17.8 Å². The van der Waals surface area contributed by atoms with Crippen LogP contribution in [0.2, 0.25) is 0 Å². The average molecular weight is 620 g/mol. The molecule has 6 aromatic rings. The van der Waals surface area contributed by atoms with Crippen LogP contribution in [0.1, 0.15) is 38.3 Å². The first kappa shape index (κ1) is 29.4. The van der Waals surface area contributed by atoms with E-state index < -0.39 is 16.9 Å². The topological polar surface area (TPSA) is 177 Å². The number of benzene rings is 2. The number of nitrogens with zero attached hydrogens (tertiary/aromatic N) is 6. The number of primary amides is 1. The van der Waals surface area contributed by atoms with E-state index in [1.807, 2.05) is 36.5 Å². The van der Waals surface area contributed by atoms with Gasteiger partial charge in [-0.15, -0.1) is 0 Å². The van der Waals surface area contributed by atoms with Crippen LogP contribution in [-0.2, 0) is 23.8 Å². The summed E-state index contributed by atoms with van der Waals surface area (Å²) in [6.07, 6.45) is 10.8. The van der Waals surface area contributed by atoms with Gasteiger partial charge in [-0.05, 0) is 91.1 Å². The number of aromatic nitrogens is 6. The molecule has 0 saturated heterocycles. The minimum Gasteiger partial charge on any atom is -0.383 e. The lowest BCUT2D eigenvalue weighted by Crippen LogP contribution is -2.12. The lowest BCUT2D eigenvalue weighted by molar-refractivity contribution is 0.1000. The van der Waals surface area contributed by atoms with Gasteiger partial charge in [0.2, 0.25) is 5.91 Å². The van der Waals surface area contributed by atoms with Gasteiger partial charge in [0, 0.05) is 41.7 Å². The maximum Gasteiger partial charge on any atom is 0.248 e. The molecule has 1 amide bonds. The molecule has 1 aliphatic carbocycles. The van der Waals surface area contributed by atoms with E-state index in [9.17, 15) is 13.8 Å². The number of fused-ring (bicyclic) bond motifs is 2. The molecule has 0 radical (unpaired) electrons. The molecular weight excluding hydrogens is 590 g/mol. The van der Waals surface area contributed by atoms with Crippen LogP contribution < -0.4 is 16.2 Å². The van der Waals surface area contributed by atoms with Crippen molar-refractivity contribution >= 4 is 45.8 Å². The van der Waals surface area contributed by atoms with Gasteiger partial charge in [-0.25, -0.2) is 23.8 Å². The number of rotatable bonds is 7. The molecule has 2 aromatic carbocycles. The first-order chi connectivity index (χ1) is 21.8. The van der Waals surface area contributed by atoms with Crippen molar-refractivity contribution in [3.63, 3.8) is 0 Å².